The Kier molecular flexibility index (Phi) is 8.79. The van der Waals surface area contributed by atoms with E-state index in [-0.39, 0.29) is 0 Å². The first kappa shape index (κ1) is 28.2. The topological polar surface area (TPSA) is 9.23 Å². The van der Waals surface area contributed by atoms with Gasteiger partial charge >= 0.3 is 0 Å². The van der Waals surface area contributed by atoms with E-state index in [1.807, 2.05) is 48.5 Å². The number of ether oxygens (including phenoxy) is 1. The molecular formula is C40H28OP2. The fourth-order valence-electron chi connectivity index (χ4n) is 5.02. The van der Waals surface area contributed by atoms with Crippen LogP contribution in [0.4, 0.5) is 0 Å². The van der Waals surface area contributed by atoms with Crippen molar-refractivity contribution >= 4 is 47.7 Å². The molecule has 1 nitrogen and oxygen atoms in total. The molecule has 0 saturated heterocycles. The average Bonchev–Trinajstić information content (AvgIpc) is 3.08. The Morgan fingerprint density at radius 2 is 0.698 bits per heavy atom. The number of hydrogen-bond donors (Lipinski definition) is 0. The predicted molar refractivity (Wildman–Crippen MR) is 186 cm³/mol. The maximum Gasteiger partial charge on any atom is 0.137 e. The number of benzene rings is 6. The summed E-state index contributed by atoms with van der Waals surface area (Å²) in [5.74, 6) is 7.09. The van der Waals surface area contributed by atoms with E-state index in [2.05, 4.69) is 121 Å². The van der Waals surface area contributed by atoms with Crippen molar-refractivity contribution in [1.29, 1.82) is 0 Å². The number of hydrogen-bond acceptors (Lipinski definition) is 1. The van der Waals surface area contributed by atoms with Crippen LogP contribution in [0, 0.1) is 24.7 Å². The van der Waals surface area contributed by atoms with Crippen molar-refractivity contribution in [2.75, 3.05) is 0 Å². The molecule has 0 aromatic heterocycles. The first-order valence-corrected chi connectivity index (χ1v) is 16.6. The molecule has 0 bridgehead atoms. The lowest BCUT2D eigenvalue weighted by atomic mass is 10.2. The Morgan fingerprint density at radius 1 is 0.395 bits per heavy atom. The third-order valence-corrected chi connectivity index (χ3v) is 12.0. The van der Waals surface area contributed by atoms with Crippen LogP contribution in [0.2, 0.25) is 0 Å². The van der Waals surface area contributed by atoms with Crippen molar-refractivity contribution < 1.29 is 4.74 Å². The molecule has 0 spiro atoms. The zero-order valence-electron chi connectivity index (χ0n) is 23.5. The van der Waals surface area contributed by atoms with Crippen LogP contribution in [0.25, 0.3) is 0 Å². The van der Waals surface area contributed by atoms with E-state index < -0.39 is 15.8 Å². The van der Waals surface area contributed by atoms with Crippen molar-refractivity contribution in [2.45, 2.75) is 0 Å². The Hall–Kier alpha value is -4.90. The van der Waals surface area contributed by atoms with E-state index in [4.69, 9.17) is 17.6 Å². The maximum absolute atomic E-state index is 7.01. The van der Waals surface area contributed by atoms with Gasteiger partial charge in [-0.15, -0.1) is 12.8 Å². The highest BCUT2D eigenvalue weighted by atomic mass is 31.1. The highest BCUT2D eigenvalue weighted by Gasteiger charge is 2.25. The van der Waals surface area contributed by atoms with Crippen LogP contribution < -0.4 is 36.6 Å². The van der Waals surface area contributed by atoms with Crippen LogP contribution in [0.5, 0.6) is 11.5 Å². The van der Waals surface area contributed by atoms with Gasteiger partial charge in [-0.3, -0.25) is 0 Å². The Bertz CT molecular complexity index is 1680. The van der Waals surface area contributed by atoms with Gasteiger partial charge in [-0.1, -0.05) is 133 Å². The van der Waals surface area contributed by atoms with Gasteiger partial charge < -0.3 is 4.74 Å². The van der Waals surface area contributed by atoms with Crippen LogP contribution in [0.15, 0.2) is 158 Å². The summed E-state index contributed by atoms with van der Waals surface area (Å²) in [7, 11) is -1.87. The molecule has 0 aliphatic heterocycles. The Balaban J connectivity index is 1.55. The third-order valence-electron chi connectivity index (χ3n) is 7.01. The second kappa shape index (κ2) is 13.4. The lowest BCUT2D eigenvalue weighted by molar-refractivity contribution is 0.490. The summed E-state index contributed by atoms with van der Waals surface area (Å²) in [5, 5.41) is 7.11. The van der Waals surface area contributed by atoms with Gasteiger partial charge in [0.25, 0.3) is 0 Å². The summed E-state index contributed by atoms with van der Waals surface area (Å²) in [6.45, 7) is 0. The van der Waals surface area contributed by atoms with Crippen LogP contribution in [0.3, 0.4) is 0 Å². The predicted octanol–water partition coefficient (Wildman–Crippen LogP) is 6.96. The van der Waals surface area contributed by atoms with E-state index in [1.165, 1.54) is 21.2 Å². The Morgan fingerprint density at radius 3 is 0.977 bits per heavy atom. The average molecular weight is 587 g/mol. The van der Waals surface area contributed by atoms with Crippen molar-refractivity contribution in [3.05, 3.63) is 169 Å². The molecule has 0 fully saturated rings. The quantitative estimate of drug-likeness (QED) is 0.139. The molecule has 0 unspecified atom stereocenters. The summed E-state index contributed by atoms with van der Waals surface area (Å²) in [6, 6.07) is 54.6. The highest BCUT2D eigenvalue weighted by molar-refractivity contribution is 7.80. The minimum absolute atomic E-state index is 0.737. The molecule has 0 saturated carbocycles. The molecule has 0 aliphatic rings. The molecule has 0 heterocycles. The van der Waals surface area contributed by atoms with Gasteiger partial charge in [-0.25, -0.2) is 0 Å². The first-order chi connectivity index (χ1) is 21.2. The minimum atomic E-state index is -0.933. The molecule has 0 aliphatic carbocycles. The molecule has 0 radical (unpaired) electrons. The molecule has 0 N–H and O–H groups in total. The summed E-state index contributed by atoms with van der Waals surface area (Å²) in [4.78, 5) is 0. The van der Waals surface area contributed by atoms with E-state index in [1.54, 1.807) is 0 Å². The second-order valence-corrected chi connectivity index (χ2v) is 14.1. The molecule has 6 aromatic rings. The zero-order chi connectivity index (χ0) is 29.4. The zero-order valence-corrected chi connectivity index (χ0v) is 25.3. The molecule has 3 heteroatoms. The van der Waals surface area contributed by atoms with Crippen molar-refractivity contribution in [3.8, 4) is 36.2 Å². The molecule has 6 aromatic carbocycles. The lowest BCUT2D eigenvalue weighted by Crippen LogP contribution is -2.24. The summed E-state index contributed by atoms with van der Waals surface area (Å²) >= 11 is 0. The molecular weight excluding hydrogens is 558 g/mol. The number of terminal acetylenes is 2. The van der Waals surface area contributed by atoms with Gasteiger partial charge in [0.05, 0.1) is 0 Å². The molecule has 0 amide bonds. The highest BCUT2D eigenvalue weighted by Crippen LogP contribution is 2.41. The van der Waals surface area contributed by atoms with E-state index in [0.717, 1.165) is 33.2 Å². The van der Waals surface area contributed by atoms with E-state index >= 15 is 0 Å². The lowest BCUT2D eigenvalue weighted by Gasteiger charge is -2.25. The van der Waals surface area contributed by atoms with Gasteiger partial charge in [-0.05, 0) is 73.5 Å². The van der Waals surface area contributed by atoms with Crippen molar-refractivity contribution in [2.24, 2.45) is 0 Å². The van der Waals surface area contributed by atoms with Gasteiger partial charge in [0.2, 0.25) is 0 Å². The number of rotatable bonds is 8. The van der Waals surface area contributed by atoms with E-state index in [9.17, 15) is 0 Å². The summed E-state index contributed by atoms with van der Waals surface area (Å²) in [6.07, 6.45) is 11.8. The molecule has 43 heavy (non-hydrogen) atoms. The summed E-state index contributed by atoms with van der Waals surface area (Å²) in [5.41, 5.74) is 1.52. The van der Waals surface area contributed by atoms with Crippen LogP contribution in [0.1, 0.15) is 11.1 Å². The van der Waals surface area contributed by atoms with Gasteiger partial charge in [0, 0.05) is 21.7 Å². The smallest absolute Gasteiger partial charge is 0.137 e. The largest absolute Gasteiger partial charge is 0.456 e. The van der Waals surface area contributed by atoms with Crippen LogP contribution in [-0.2, 0) is 0 Å². The molecule has 6 rings (SSSR count). The Labute approximate surface area is 256 Å². The van der Waals surface area contributed by atoms with Crippen molar-refractivity contribution in [3.63, 3.8) is 0 Å². The van der Waals surface area contributed by atoms with Gasteiger partial charge in [0.15, 0.2) is 0 Å². The van der Waals surface area contributed by atoms with Crippen molar-refractivity contribution in [1.82, 2.24) is 0 Å². The minimum Gasteiger partial charge on any atom is -0.456 e. The molecule has 204 valence electrons. The SMILES string of the molecule is C#Cc1ccc(P(c2ccccc2)c2ccccc2)c(Oc2cc(C#C)ccc2P(c2ccccc2)c2ccccc2)c1. The molecule has 0 atom stereocenters. The monoisotopic (exact) mass is 586 g/mol. The fraction of sp³-hybridized carbons (Fsp3) is 0. The second-order valence-electron chi connectivity index (χ2n) is 9.77. The van der Waals surface area contributed by atoms with E-state index in [0.29, 0.717) is 0 Å². The van der Waals surface area contributed by atoms with Crippen LogP contribution in [-0.4, -0.2) is 0 Å². The van der Waals surface area contributed by atoms with Gasteiger partial charge in [0.1, 0.15) is 11.5 Å². The normalized spacial score (nSPS) is 10.7. The first-order valence-electron chi connectivity index (χ1n) is 13.9. The fourth-order valence-corrected chi connectivity index (χ4v) is 9.72. The van der Waals surface area contributed by atoms with Crippen LogP contribution >= 0.6 is 15.8 Å². The third kappa shape index (κ3) is 6.31. The van der Waals surface area contributed by atoms with Gasteiger partial charge in [-0.2, -0.15) is 0 Å². The summed E-state index contributed by atoms with van der Waals surface area (Å²) < 4.78 is 7.01. The maximum atomic E-state index is 7.01. The standard InChI is InChI=1S/C40H28OP2/c1-3-31-25-27-39(42(33-17-9-5-10-18-33)34-19-11-6-12-20-34)37(29-31)41-38-30-32(4-2)26-28-40(38)43(35-21-13-7-14-22-35)36-23-15-8-16-24-36/h1-2,5-30H.